The number of methoxy groups -OCH3 is 1. The molecule has 0 saturated heterocycles. The maximum atomic E-state index is 13.5. The number of benzene rings is 5. The number of hydrogen-bond acceptors (Lipinski definition) is 5. The first-order chi connectivity index (χ1) is 19.2. The van der Waals surface area contributed by atoms with Crippen LogP contribution in [0.5, 0.6) is 11.5 Å². The summed E-state index contributed by atoms with van der Waals surface area (Å²) in [4.78, 5) is 18.3. The fraction of sp³-hybridized carbons (Fsp3) is 0.0606. The summed E-state index contributed by atoms with van der Waals surface area (Å²) in [5.74, 6) is 1.57. The molecule has 0 fully saturated rings. The number of aromatic nitrogens is 2. The van der Waals surface area contributed by atoms with E-state index in [1.165, 1.54) is 4.68 Å². The molecule has 1 heterocycles. The van der Waals surface area contributed by atoms with E-state index in [1.54, 1.807) is 19.4 Å². The molecule has 190 valence electrons. The van der Waals surface area contributed by atoms with Crippen molar-refractivity contribution in [2.75, 3.05) is 7.11 Å². The first-order valence-electron chi connectivity index (χ1n) is 12.6. The summed E-state index contributed by atoms with van der Waals surface area (Å²) in [6.07, 6.45) is 1.62. The second kappa shape index (κ2) is 10.6. The predicted octanol–water partition coefficient (Wildman–Crippen LogP) is 6.69. The van der Waals surface area contributed by atoms with Crippen molar-refractivity contribution >= 4 is 27.9 Å². The predicted molar refractivity (Wildman–Crippen MR) is 156 cm³/mol. The van der Waals surface area contributed by atoms with Gasteiger partial charge in [-0.05, 0) is 40.6 Å². The molecular weight excluding hydrogens is 486 g/mol. The van der Waals surface area contributed by atoms with Crippen LogP contribution in [0, 0.1) is 0 Å². The normalized spacial score (nSPS) is 11.3. The quantitative estimate of drug-likeness (QED) is 0.224. The van der Waals surface area contributed by atoms with Crippen LogP contribution in [0.3, 0.4) is 0 Å². The highest BCUT2D eigenvalue weighted by Gasteiger charge is 2.14. The van der Waals surface area contributed by atoms with Gasteiger partial charge in [-0.2, -0.15) is 9.78 Å². The highest BCUT2D eigenvalue weighted by atomic mass is 16.5. The van der Waals surface area contributed by atoms with Gasteiger partial charge in [0, 0.05) is 11.1 Å². The molecule has 0 aliphatic carbocycles. The fourth-order valence-corrected chi connectivity index (χ4v) is 4.64. The molecule has 0 atom stereocenters. The molecule has 0 saturated carbocycles. The summed E-state index contributed by atoms with van der Waals surface area (Å²) < 4.78 is 13.3. The summed E-state index contributed by atoms with van der Waals surface area (Å²) in [6.45, 7) is 0.343. The van der Waals surface area contributed by atoms with Crippen molar-refractivity contribution in [1.29, 1.82) is 0 Å². The Labute approximate surface area is 225 Å². The molecule has 1 aromatic heterocycles. The Balaban J connectivity index is 1.42. The third-order valence-electron chi connectivity index (χ3n) is 6.58. The van der Waals surface area contributed by atoms with Crippen molar-refractivity contribution in [2.24, 2.45) is 5.10 Å². The van der Waals surface area contributed by atoms with Crippen LogP contribution in [0.1, 0.15) is 11.1 Å². The molecule has 0 radical (unpaired) electrons. The minimum Gasteiger partial charge on any atom is -0.493 e. The summed E-state index contributed by atoms with van der Waals surface area (Å²) in [5.41, 5.74) is 2.89. The SMILES string of the molecule is COc1cccc(C=Nn2c(-c3ccccc3)nc3ccccc3c2=O)c1OCc1cccc2ccccc12. The molecule has 6 aromatic rings. The van der Waals surface area contributed by atoms with Gasteiger partial charge < -0.3 is 9.47 Å². The summed E-state index contributed by atoms with van der Waals surface area (Å²) in [5, 5.41) is 7.40. The van der Waals surface area contributed by atoms with Crippen molar-refractivity contribution in [1.82, 2.24) is 9.66 Å². The van der Waals surface area contributed by atoms with Gasteiger partial charge in [-0.1, -0.05) is 91.0 Å². The van der Waals surface area contributed by atoms with Crippen molar-refractivity contribution in [3.8, 4) is 22.9 Å². The Kier molecular flexibility index (Phi) is 6.58. The largest absolute Gasteiger partial charge is 0.493 e. The van der Waals surface area contributed by atoms with E-state index in [-0.39, 0.29) is 5.56 Å². The first-order valence-corrected chi connectivity index (χ1v) is 12.6. The minimum atomic E-state index is -0.253. The van der Waals surface area contributed by atoms with Gasteiger partial charge in [0.15, 0.2) is 17.3 Å². The van der Waals surface area contributed by atoms with Crippen LogP contribution in [0.15, 0.2) is 125 Å². The third-order valence-corrected chi connectivity index (χ3v) is 6.58. The average Bonchev–Trinajstić information content (AvgIpc) is 3.00. The van der Waals surface area contributed by atoms with Gasteiger partial charge in [-0.25, -0.2) is 4.98 Å². The lowest BCUT2D eigenvalue weighted by molar-refractivity contribution is 0.285. The molecular formula is C33H25N3O3. The van der Waals surface area contributed by atoms with Crippen molar-refractivity contribution < 1.29 is 9.47 Å². The number of ether oxygens (including phenoxy) is 2. The molecule has 0 aliphatic heterocycles. The molecule has 6 heteroatoms. The van der Waals surface area contributed by atoms with Crippen LogP contribution in [-0.2, 0) is 6.61 Å². The molecule has 0 bridgehead atoms. The summed E-state index contributed by atoms with van der Waals surface area (Å²) in [7, 11) is 1.60. The lowest BCUT2D eigenvalue weighted by Gasteiger charge is -2.15. The Bertz CT molecular complexity index is 1870. The van der Waals surface area contributed by atoms with Crippen molar-refractivity contribution in [3.05, 3.63) is 137 Å². The van der Waals surface area contributed by atoms with E-state index in [0.717, 1.165) is 21.9 Å². The molecule has 5 aromatic carbocycles. The minimum absolute atomic E-state index is 0.253. The van der Waals surface area contributed by atoms with Crippen LogP contribution in [-0.4, -0.2) is 23.0 Å². The Morgan fingerprint density at radius 3 is 2.36 bits per heavy atom. The number of nitrogens with zero attached hydrogens (tertiary/aromatic N) is 3. The third kappa shape index (κ3) is 4.76. The molecule has 0 aliphatic rings. The van der Waals surface area contributed by atoms with Crippen LogP contribution in [0.4, 0.5) is 0 Å². The standard InChI is InChI=1S/C33H25N3O3/c1-38-30-20-10-15-25(31(30)39-22-26-16-9-14-23-11-5-6-17-27(23)26)21-34-36-32(24-12-3-2-4-13-24)35-29-19-8-7-18-28(29)33(36)37/h2-21H,22H2,1H3. The van der Waals surface area contributed by atoms with Gasteiger partial charge in [0.1, 0.15) is 6.61 Å². The van der Waals surface area contributed by atoms with Gasteiger partial charge in [0.2, 0.25) is 0 Å². The van der Waals surface area contributed by atoms with Gasteiger partial charge >= 0.3 is 0 Å². The second-order valence-electron chi connectivity index (χ2n) is 8.99. The Morgan fingerprint density at radius 2 is 1.51 bits per heavy atom. The second-order valence-corrected chi connectivity index (χ2v) is 8.99. The monoisotopic (exact) mass is 511 g/mol. The topological polar surface area (TPSA) is 65.7 Å². The number of fused-ring (bicyclic) bond motifs is 2. The maximum absolute atomic E-state index is 13.5. The molecule has 0 N–H and O–H groups in total. The van der Waals surface area contributed by atoms with Gasteiger partial charge in [-0.3, -0.25) is 4.79 Å². The zero-order chi connectivity index (χ0) is 26.6. The Hall–Kier alpha value is -5.23. The van der Waals surface area contributed by atoms with E-state index < -0.39 is 0 Å². The fourth-order valence-electron chi connectivity index (χ4n) is 4.64. The highest BCUT2D eigenvalue weighted by molar-refractivity contribution is 5.87. The Morgan fingerprint density at radius 1 is 0.795 bits per heavy atom. The van der Waals surface area contributed by atoms with Crippen LogP contribution in [0.25, 0.3) is 33.1 Å². The highest BCUT2D eigenvalue weighted by Crippen LogP contribution is 2.32. The van der Waals surface area contributed by atoms with Crippen LogP contribution in [0.2, 0.25) is 0 Å². The van der Waals surface area contributed by atoms with E-state index >= 15 is 0 Å². The number of hydrogen-bond donors (Lipinski definition) is 0. The molecule has 39 heavy (non-hydrogen) atoms. The maximum Gasteiger partial charge on any atom is 0.282 e. The molecule has 0 amide bonds. The summed E-state index contributed by atoms with van der Waals surface area (Å²) in [6, 6.07) is 36.8. The van der Waals surface area contributed by atoms with E-state index in [9.17, 15) is 4.79 Å². The smallest absolute Gasteiger partial charge is 0.282 e. The zero-order valence-corrected chi connectivity index (χ0v) is 21.3. The van der Waals surface area contributed by atoms with E-state index in [2.05, 4.69) is 29.4 Å². The van der Waals surface area contributed by atoms with Crippen LogP contribution < -0.4 is 15.0 Å². The van der Waals surface area contributed by atoms with E-state index in [4.69, 9.17) is 14.5 Å². The van der Waals surface area contributed by atoms with Gasteiger partial charge in [0.25, 0.3) is 5.56 Å². The average molecular weight is 512 g/mol. The molecule has 0 unspecified atom stereocenters. The zero-order valence-electron chi connectivity index (χ0n) is 21.3. The van der Waals surface area contributed by atoms with Crippen molar-refractivity contribution in [2.45, 2.75) is 6.61 Å². The van der Waals surface area contributed by atoms with E-state index in [0.29, 0.717) is 40.4 Å². The molecule has 0 spiro atoms. The van der Waals surface area contributed by atoms with Crippen molar-refractivity contribution in [3.63, 3.8) is 0 Å². The summed E-state index contributed by atoms with van der Waals surface area (Å²) >= 11 is 0. The molecule has 6 rings (SSSR count). The number of para-hydroxylation sites is 2. The lowest BCUT2D eigenvalue weighted by Crippen LogP contribution is -2.20. The van der Waals surface area contributed by atoms with Crippen LogP contribution >= 0.6 is 0 Å². The lowest BCUT2D eigenvalue weighted by atomic mass is 10.1. The van der Waals surface area contributed by atoms with E-state index in [1.807, 2.05) is 84.9 Å². The van der Waals surface area contributed by atoms with Gasteiger partial charge in [-0.15, -0.1) is 0 Å². The first kappa shape index (κ1) is 24.1. The van der Waals surface area contributed by atoms with Gasteiger partial charge in [0.05, 0.1) is 24.2 Å². The number of rotatable bonds is 7. The molecule has 6 nitrogen and oxygen atoms in total.